The third-order valence-electron chi connectivity index (χ3n) is 3.39. The molecule has 0 saturated heterocycles. The minimum absolute atomic E-state index is 0.0649. The number of nitrogens with zero attached hydrogens (tertiary/aromatic N) is 3. The van der Waals surface area contributed by atoms with Gasteiger partial charge in [0, 0.05) is 19.4 Å². The summed E-state index contributed by atoms with van der Waals surface area (Å²) in [4.78, 5) is 0.0981. The molecule has 0 N–H and O–H groups in total. The predicted molar refractivity (Wildman–Crippen MR) is 85.4 cm³/mol. The van der Waals surface area contributed by atoms with Gasteiger partial charge in [0.05, 0.1) is 21.2 Å². The van der Waals surface area contributed by atoms with Gasteiger partial charge in [-0.15, -0.1) is 5.10 Å². The van der Waals surface area contributed by atoms with E-state index >= 15 is 0 Å². The van der Waals surface area contributed by atoms with Gasteiger partial charge < -0.3 is 0 Å². The van der Waals surface area contributed by atoms with Gasteiger partial charge in [0.15, 0.2) is 0 Å². The highest BCUT2D eigenvalue weighted by Gasteiger charge is 2.24. The summed E-state index contributed by atoms with van der Waals surface area (Å²) in [5, 5.41) is 3.80. The lowest BCUT2D eigenvalue weighted by Gasteiger charge is -2.09. The standard InChI is InChI=1S/C15H13ClFN3O2S/c1-10-3-5-12(6-4-10)23(21,22)20-8-11(16)7-14(20)13-9-19(2)18-15(13)17/h3-9H,1-2H3. The van der Waals surface area contributed by atoms with E-state index < -0.39 is 16.0 Å². The van der Waals surface area contributed by atoms with Crippen molar-refractivity contribution in [2.75, 3.05) is 0 Å². The summed E-state index contributed by atoms with van der Waals surface area (Å²) in [7, 11) is -2.34. The molecule has 3 aromatic rings. The third kappa shape index (κ3) is 2.77. The third-order valence-corrected chi connectivity index (χ3v) is 5.28. The van der Waals surface area contributed by atoms with Gasteiger partial charge in [0.2, 0.25) is 5.95 Å². The molecule has 2 heterocycles. The molecule has 0 bridgehead atoms. The lowest BCUT2D eigenvalue weighted by atomic mass is 10.2. The zero-order valence-corrected chi connectivity index (χ0v) is 13.9. The van der Waals surface area contributed by atoms with Gasteiger partial charge >= 0.3 is 0 Å². The van der Waals surface area contributed by atoms with Crippen LogP contribution in [-0.4, -0.2) is 22.2 Å². The second kappa shape index (κ2) is 5.50. The Balaban J connectivity index is 2.21. The number of aromatic nitrogens is 3. The average Bonchev–Trinajstić information content (AvgIpc) is 3.02. The Morgan fingerprint density at radius 3 is 2.39 bits per heavy atom. The summed E-state index contributed by atoms with van der Waals surface area (Å²) in [5.74, 6) is -0.761. The molecule has 5 nitrogen and oxygen atoms in total. The summed E-state index contributed by atoms with van der Waals surface area (Å²) >= 11 is 5.96. The molecule has 0 aliphatic heterocycles. The fourth-order valence-electron chi connectivity index (χ4n) is 2.27. The Hall–Kier alpha value is -2.12. The molecule has 0 radical (unpaired) electrons. The van der Waals surface area contributed by atoms with Crippen LogP contribution in [0.2, 0.25) is 5.02 Å². The molecule has 0 spiro atoms. The van der Waals surface area contributed by atoms with Crippen molar-refractivity contribution in [2.45, 2.75) is 11.8 Å². The first-order valence-electron chi connectivity index (χ1n) is 6.68. The lowest BCUT2D eigenvalue weighted by Crippen LogP contribution is -2.13. The van der Waals surface area contributed by atoms with Gasteiger partial charge in [-0.1, -0.05) is 29.3 Å². The van der Waals surface area contributed by atoms with Gasteiger partial charge in [-0.25, -0.2) is 12.4 Å². The lowest BCUT2D eigenvalue weighted by molar-refractivity contribution is 0.555. The number of rotatable bonds is 3. The Morgan fingerprint density at radius 1 is 1.17 bits per heavy atom. The highest BCUT2D eigenvalue weighted by atomic mass is 35.5. The van der Waals surface area contributed by atoms with Crippen molar-refractivity contribution >= 4 is 21.6 Å². The van der Waals surface area contributed by atoms with E-state index in [2.05, 4.69) is 5.10 Å². The molecule has 120 valence electrons. The van der Waals surface area contributed by atoms with Gasteiger partial charge in [0.25, 0.3) is 10.0 Å². The Kier molecular flexibility index (Phi) is 3.77. The zero-order valence-electron chi connectivity index (χ0n) is 12.4. The molecule has 2 aromatic heterocycles. The molecule has 0 amide bonds. The second-order valence-corrected chi connectivity index (χ2v) is 7.42. The Bertz CT molecular complexity index is 975. The summed E-state index contributed by atoms with van der Waals surface area (Å²) in [6.45, 7) is 1.86. The number of halogens is 2. The first-order valence-corrected chi connectivity index (χ1v) is 8.50. The molecular weight excluding hydrogens is 341 g/mol. The average molecular weight is 354 g/mol. The fraction of sp³-hybridized carbons (Fsp3) is 0.133. The van der Waals surface area contributed by atoms with Crippen LogP contribution in [0.25, 0.3) is 11.3 Å². The van der Waals surface area contributed by atoms with Crippen LogP contribution < -0.4 is 0 Å². The van der Waals surface area contributed by atoms with Gasteiger partial charge in [-0.3, -0.25) is 4.68 Å². The van der Waals surface area contributed by atoms with E-state index in [0.29, 0.717) is 0 Å². The Labute approximate surface area is 138 Å². The van der Waals surface area contributed by atoms with Crippen molar-refractivity contribution in [1.82, 2.24) is 13.8 Å². The maximum atomic E-state index is 13.9. The van der Waals surface area contributed by atoms with Crippen LogP contribution >= 0.6 is 11.6 Å². The predicted octanol–water partition coefficient (Wildman–Crippen LogP) is 3.23. The molecular formula is C15H13ClFN3O2S. The van der Waals surface area contributed by atoms with Crippen LogP contribution in [0.3, 0.4) is 0 Å². The summed E-state index contributed by atoms with van der Waals surface area (Å²) in [5.41, 5.74) is 1.13. The van der Waals surface area contributed by atoms with Crippen LogP contribution in [0.15, 0.2) is 47.6 Å². The van der Waals surface area contributed by atoms with Crippen molar-refractivity contribution in [3.05, 3.63) is 59.3 Å². The molecule has 1 aromatic carbocycles. The van der Waals surface area contributed by atoms with Gasteiger partial charge in [-0.2, -0.15) is 4.39 Å². The maximum absolute atomic E-state index is 13.9. The number of benzene rings is 1. The molecule has 0 aliphatic carbocycles. The largest absolute Gasteiger partial charge is 0.272 e. The molecule has 0 fully saturated rings. The number of hydrogen-bond acceptors (Lipinski definition) is 3. The first kappa shape index (κ1) is 15.8. The second-order valence-electron chi connectivity index (χ2n) is 5.16. The van der Waals surface area contributed by atoms with E-state index in [0.717, 1.165) is 9.54 Å². The smallest absolute Gasteiger partial charge is 0.268 e. The molecule has 23 heavy (non-hydrogen) atoms. The highest BCUT2D eigenvalue weighted by Crippen LogP contribution is 2.30. The van der Waals surface area contributed by atoms with Crippen LogP contribution in [0.5, 0.6) is 0 Å². The van der Waals surface area contributed by atoms with E-state index in [1.165, 1.54) is 35.3 Å². The summed E-state index contributed by atoms with van der Waals surface area (Å²) < 4.78 is 41.8. The molecule has 0 atom stereocenters. The van der Waals surface area contributed by atoms with E-state index in [1.54, 1.807) is 19.2 Å². The molecule has 3 rings (SSSR count). The topological polar surface area (TPSA) is 56.9 Å². The van der Waals surface area contributed by atoms with Crippen LogP contribution in [0.4, 0.5) is 4.39 Å². The van der Waals surface area contributed by atoms with Crippen LogP contribution in [-0.2, 0) is 17.1 Å². The van der Waals surface area contributed by atoms with Crippen LogP contribution in [0, 0.1) is 12.9 Å². The monoisotopic (exact) mass is 353 g/mol. The Morgan fingerprint density at radius 2 is 1.83 bits per heavy atom. The van der Waals surface area contributed by atoms with E-state index in [9.17, 15) is 12.8 Å². The SMILES string of the molecule is Cc1ccc(S(=O)(=O)n2cc(Cl)cc2-c2cn(C)nc2F)cc1. The number of hydrogen-bond donors (Lipinski definition) is 0. The normalized spacial score (nSPS) is 11.8. The van der Waals surface area contributed by atoms with Crippen LogP contribution in [0.1, 0.15) is 5.56 Å². The summed E-state index contributed by atoms with van der Waals surface area (Å²) in [6.07, 6.45) is 2.65. The van der Waals surface area contributed by atoms with Crippen molar-refractivity contribution < 1.29 is 12.8 Å². The van der Waals surface area contributed by atoms with Gasteiger partial charge in [0.1, 0.15) is 0 Å². The van der Waals surface area contributed by atoms with E-state index in [-0.39, 0.29) is 21.2 Å². The summed E-state index contributed by atoms with van der Waals surface area (Å²) in [6, 6.07) is 7.79. The van der Waals surface area contributed by atoms with Gasteiger partial charge in [-0.05, 0) is 25.1 Å². The molecule has 8 heteroatoms. The molecule has 0 unspecified atom stereocenters. The quantitative estimate of drug-likeness (QED) is 0.726. The fourth-order valence-corrected chi connectivity index (χ4v) is 3.89. The molecule has 0 aliphatic rings. The minimum Gasteiger partial charge on any atom is -0.272 e. The first-order chi connectivity index (χ1) is 10.8. The maximum Gasteiger partial charge on any atom is 0.268 e. The number of aryl methyl sites for hydroxylation is 2. The van der Waals surface area contributed by atoms with Crippen molar-refractivity contribution in [1.29, 1.82) is 0 Å². The highest BCUT2D eigenvalue weighted by molar-refractivity contribution is 7.90. The zero-order chi connectivity index (χ0) is 16.8. The molecule has 0 saturated carbocycles. The van der Waals surface area contributed by atoms with Crippen molar-refractivity contribution in [3.63, 3.8) is 0 Å². The van der Waals surface area contributed by atoms with Crippen molar-refractivity contribution in [2.24, 2.45) is 7.05 Å². The van der Waals surface area contributed by atoms with E-state index in [1.807, 2.05) is 6.92 Å². The van der Waals surface area contributed by atoms with Crippen molar-refractivity contribution in [3.8, 4) is 11.3 Å². The minimum atomic E-state index is -3.89. The van der Waals surface area contributed by atoms with E-state index in [4.69, 9.17) is 11.6 Å².